The lowest BCUT2D eigenvalue weighted by Crippen LogP contribution is -2.50. The average Bonchev–Trinajstić information content (AvgIpc) is 2.79. The van der Waals surface area contributed by atoms with Crippen molar-refractivity contribution in [3.8, 4) is 0 Å². The van der Waals surface area contributed by atoms with Crippen LogP contribution in [0.2, 0.25) is 0 Å². The zero-order valence-electron chi connectivity index (χ0n) is 10.6. The van der Waals surface area contributed by atoms with E-state index in [1.54, 1.807) is 4.90 Å². The molecule has 20 heavy (non-hydrogen) atoms. The molecule has 2 rings (SSSR count). The number of rotatable bonds is 6. The van der Waals surface area contributed by atoms with Gasteiger partial charge in [0.25, 0.3) is 0 Å². The minimum atomic E-state index is -0.854. The molecular weight excluding hydrogens is 268 g/mol. The van der Waals surface area contributed by atoms with Gasteiger partial charge in [-0.2, -0.15) is 0 Å². The molecule has 9 nitrogen and oxygen atoms in total. The molecule has 1 aromatic rings. The van der Waals surface area contributed by atoms with Crippen molar-refractivity contribution in [3.05, 3.63) is 22.6 Å². The van der Waals surface area contributed by atoms with Crippen molar-refractivity contribution in [3.63, 3.8) is 0 Å². The number of carbonyl (C=O) groups is 2. The molecule has 108 valence electrons. The fourth-order valence-electron chi connectivity index (χ4n) is 2.10. The van der Waals surface area contributed by atoms with E-state index in [1.165, 1.54) is 17.1 Å². The van der Waals surface area contributed by atoms with Crippen LogP contribution in [0.15, 0.2) is 12.5 Å². The second-order valence-corrected chi connectivity index (χ2v) is 4.74. The maximum Gasteiger partial charge on any atom is 0.381 e. The van der Waals surface area contributed by atoms with Gasteiger partial charge in [0.15, 0.2) is 0 Å². The number of hydrogen-bond donors (Lipinski definition) is 1. The summed E-state index contributed by atoms with van der Waals surface area (Å²) in [6.07, 6.45) is 2.89. The van der Waals surface area contributed by atoms with E-state index in [9.17, 15) is 19.7 Å². The zero-order valence-corrected chi connectivity index (χ0v) is 10.6. The lowest BCUT2D eigenvalue weighted by Gasteiger charge is -2.38. The number of aliphatic carboxylic acids is 1. The first-order valence-corrected chi connectivity index (χ1v) is 6.11. The molecule has 1 amide bonds. The van der Waals surface area contributed by atoms with E-state index in [0.717, 1.165) is 0 Å². The van der Waals surface area contributed by atoms with Gasteiger partial charge >= 0.3 is 11.8 Å². The average molecular weight is 282 g/mol. The quantitative estimate of drug-likeness (QED) is 0.584. The van der Waals surface area contributed by atoms with Crippen molar-refractivity contribution in [1.82, 2.24) is 14.5 Å². The molecule has 0 spiro atoms. The summed E-state index contributed by atoms with van der Waals surface area (Å²) in [7, 11) is 0. The molecule has 9 heteroatoms. The Kier molecular flexibility index (Phi) is 3.97. The maximum absolute atomic E-state index is 11.8. The number of carbonyl (C=O) groups excluding carboxylic acids is 1. The summed E-state index contributed by atoms with van der Waals surface area (Å²) in [5, 5.41) is 19.1. The molecule has 1 aliphatic rings. The Morgan fingerprint density at radius 1 is 1.50 bits per heavy atom. The van der Waals surface area contributed by atoms with Gasteiger partial charge in [-0.25, -0.2) is 0 Å². The molecule has 1 aliphatic heterocycles. The van der Waals surface area contributed by atoms with Crippen LogP contribution in [0.1, 0.15) is 12.8 Å². The molecule has 0 bridgehead atoms. The van der Waals surface area contributed by atoms with Gasteiger partial charge < -0.3 is 24.7 Å². The Bertz CT molecular complexity index is 535. The summed E-state index contributed by atoms with van der Waals surface area (Å²) in [6, 6.07) is 0. The van der Waals surface area contributed by atoms with Crippen LogP contribution < -0.4 is 0 Å². The number of nitrogens with zero attached hydrogens (tertiary/aromatic N) is 4. The van der Waals surface area contributed by atoms with E-state index in [4.69, 9.17) is 5.11 Å². The monoisotopic (exact) mass is 282 g/mol. The van der Waals surface area contributed by atoms with E-state index >= 15 is 0 Å². The largest absolute Gasteiger partial charge is 0.481 e. The Hall–Kier alpha value is -2.45. The lowest BCUT2D eigenvalue weighted by atomic mass is 9.96. The Morgan fingerprint density at radius 2 is 2.20 bits per heavy atom. The number of carboxylic acid groups (broad SMARTS) is 1. The summed E-state index contributed by atoms with van der Waals surface area (Å²) < 4.78 is 1.49. The minimum Gasteiger partial charge on any atom is -0.481 e. The number of aryl methyl sites for hydroxylation is 1. The molecular formula is C11H14N4O5. The highest BCUT2D eigenvalue weighted by atomic mass is 16.6. The van der Waals surface area contributed by atoms with Gasteiger partial charge in [-0.3, -0.25) is 9.59 Å². The van der Waals surface area contributed by atoms with Crippen molar-refractivity contribution in [2.75, 3.05) is 13.1 Å². The topological polar surface area (TPSA) is 119 Å². The van der Waals surface area contributed by atoms with Gasteiger partial charge in [-0.1, -0.05) is 0 Å². The van der Waals surface area contributed by atoms with Crippen molar-refractivity contribution >= 4 is 17.7 Å². The first-order valence-electron chi connectivity index (χ1n) is 6.11. The molecule has 1 N–H and O–H groups in total. The first kappa shape index (κ1) is 14.0. The second kappa shape index (κ2) is 5.68. The van der Waals surface area contributed by atoms with E-state index in [2.05, 4.69) is 4.98 Å². The number of hydrogen-bond acceptors (Lipinski definition) is 5. The first-order chi connectivity index (χ1) is 9.45. The number of likely N-dealkylation sites (tertiary alicyclic amines) is 1. The van der Waals surface area contributed by atoms with Crippen LogP contribution in [0.25, 0.3) is 0 Å². The van der Waals surface area contributed by atoms with Gasteiger partial charge in [-0.05, 0) is 9.91 Å². The van der Waals surface area contributed by atoms with Crippen molar-refractivity contribution < 1.29 is 19.6 Å². The van der Waals surface area contributed by atoms with Gasteiger partial charge in [0, 0.05) is 32.0 Å². The molecule has 0 atom stereocenters. The molecule has 1 fully saturated rings. The SMILES string of the molecule is O=C(O)CC1CN(C(=O)CCn2cnc([N+](=O)[O-])c2)C1. The molecule has 0 unspecified atom stereocenters. The molecule has 0 aliphatic carbocycles. The van der Waals surface area contributed by atoms with E-state index in [0.29, 0.717) is 19.6 Å². The second-order valence-electron chi connectivity index (χ2n) is 4.74. The summed E-state index contributed by atoms with van der Waals surface area (Å²) in [4.78, 5) is 37.3. The predicted molar refractivity (Wildman–Crippen MR) is 65.8 cm³/mol. The third kappa shape index (κ3) is 3.31. The smallest absolute Gasteiger partial charge is 0.381 e. The van der Waals surface area contributed by atoms with Crippen LogP contribution in [0.3, 0.4) is 0 Å². The van der Waals surface area contributed by atoms with Crippen LogP contribution in [-0.2, 0) is 16.1 Å². The minimum absolute atomic E-state index is 0.0331. The summed E-state index contributed by atoms with van der Waals surface area (Å²) in [5.74, 6) is -1.15. The molecule has 1 saturated heterocycles. The molecule has 0 saturated carbocycles. The van der Waals surface area contributed by atoms with Crippen molar-refractivity contribution in [2.45, 2.75) is 19.4 Å². The number of nitro groups is 1. The van der Waals surface area contributed by atoms with Crippen LogP contribution in [-0.4, -0.2) is 49.4 Å². The van der Waals surface area contributed by atoms with E-state index < -0.39 is 10.9 Å². The summed E-state index contributed by atoms with van der Waals surface area (Å²) >= 11 is 0. The highest BCUT2D eigenvalue weighted by molar-refractivity contribution is 5.77. The highest BCUT2D eigenvalue weighted by Gasteiger charge is 2.31. The lowest BCUT2D eigenvalue weighted by molar-refractivity contribution is -0.389. The third-order valence-electron chi connectivity index (χ3n) is 3.16. The Morgan fingerprint density at radius 3 is 2.75 bits per heavy atom. The summed E-state index contributed by atoms with van der Waals surface area (Å²) in [6.45, 7) is 1.25. The molecule has 1 aromatic heterocycles. The van der Waals surface area contributed by atoms with Gasteiger partial charge in [0.05, 0.1) is 6.42 Å². The van der Waals surface area contributed by atoms with Crippen molar-refractivity contribution in [1.29, 1.82) is 0 Å². The van der Waals surface area contributed by atoms with Crippen LogP contribution in [0.4, 0.5) is 5.82 Å². The predicted octanol–water partition coefficient (Wildman–Crippen LogP) is 0.114. The Labute approximate surface area is 114 Å². The third-order valence-corrected chi connectivity index (χ3v) is 3.16. The van der Waals surface area contributed by atoms with E-state index in [1.807, 2.05) is 0 Å². The molecule has 2 heterocycles. The number of aromatic nitrogens is 2. The normalized spacial score (nSPS) is 14.9. The number of carboxylic acids is 1. The highest BCUT2D eigenvalue weighted by Crippen LogP contribution is 2.20. The van der Waals surface area contributed by atoms with Gasteiger partial charge in [0.2, 0.25) is 12.2 Å². The van der Waals surface area contributed by atoms with E-state index in [-0.39, 0.29) is 30.5 Å². The van der Waals surface area contributed by atoms with Gasteiger partial charge in [0.1, 0.15) is 6.20 Å². The van der Waals surface area contributed by atoms with Crippen LogP contribution in [0.5, 0.6) is 0 Å². The van der Waals surface area contributed by atoms with Crippen molar-refractivity contribution in [2.24, 2.45) is 5.92 Å². The fraction of sp³-hybridized carbons (Fsp3) is 0.545. The molecule has 0 aromatic carbocycles. The standard InChI is InChI=1S/C11H14N4O5/c16-10(14-4-8(5-14)3-11(17)18)1-2-13-6-9(12-7-13)15(19)20/h6-8H,1-5H2,(H,17,18). The van der Waals surface area contributed by atoms with Crippen LogP contribution >= 0.6 is 0 Å². The number of imidazole rings is 1. The maximum atomic E-state index is 11.8. The van der Waals surface area contributed by atoms with Crippen LogP contribution in [0, 0.1) is 16.0 Å². The number of amides is 1. The Balaban J connectivity index is 1.73. The summed E-state index contributed by atoms with van der Waals surface area (Å²) in [5.41, 5.74) is 0. The van der Waals surface area contributed by atoms with Gasteiger partial charge in [-0.15, -0.1) is 0 Å². The fourth-order valence-corrected chi connectivity index (χ4v) is 2.10. The molecule has 0 radical (unpaired) electrons. The zero-order chi connectivity index (χ0) is 14.7.